The smallest absolute Gasteiger partial charge is 0.336 e. The van der Waals surface area contributed by atoms with Crippen LogP contribution in [-0.4, -0.2) is 25.8 Å². The molecule has 2 heterocycles. The van der Waals surface area contributed by atoms with E-state index < -0.39 is 5.97 Å². The van der Waals surface area contributed by atoms with Gasteiger partial charge >= 0.3 is 5.97 Å². The highest BCUT2D eigenvalue weighted by molar-refractivity contribution is 6.03. The summed E-state index contributed by atoms with van der Waals surface area (Å²) in [6.45, 7) is 1.86. The Balaban J connectivity index is 2.00. The first-order chi connectivity index (χ1) is 10.1. The van der Waals surface area contributed by atoms with Gasteiger partial charge in [0.15, 0.2) is 5.65 Å². The van der Waals surface area contributed by atoms with Crippen LogP contribution in [0.2, 0.25) is 0 Å². The molecule has 2 fully saturated rings. The SMILES string of the molecule is Cc1cc(C(=O)O)c2c(C3CC3)nn(C3CCCC3)c2n1. The van der Waals surface area contributed by atoms with Gasteiger partial charge in [-0.25, -0.2) is 14.5 Å². The van der Waals surface area contributed by atoms with Crippen LogP contribution in [0.3, 0.4) is 0 Å². The lowest BCUT2D eigenvalue weighted by atomic mass is 10.1. The summed E-state index contributed by atoms with van der Waals surface area (Å²) in [6.07, 6.45) is 6.93. The summed E-state index contributed by atoms with van der Waals surface area (Å²) in [6, 6.07) is 2.06. The average molecular weight is 285 g/mol. The maximum Gasteiger partial charge on any atom is 0.336 e. The third-order valence-electron chi connectivity index (χ3n) is 4.68. The molecule has 0 spiro atoms. The van der Waals surface area contributed by atoms with Crippen LogP contribution < -0.4 is 0 Å². The van der Waals surface area contributed by atoms with E-state index in [1.165, 1.54) is 12.8 Å². The molecule has 5 nitrogen and oxygen atoms in total. The molecule has 0 aliphatic heterocycles. The van der Waals surface area contributed by atoms with E-state index in [-0.39, 0.29) is 0 Å². The van der Waals surface area contributed by atoms with E-state index in [9.17, 15) is 9.90 Å². The van der Waals surface area contributed by atoms with E-state index in [0.29, 0.717) is 17.5 Å². The van der Waals surface area contributed by atoms with E-state index >= 15 is 0 Å². The first-order valence-electron chi connectivity index (χ1n) is 7.78. The number of aromatic nitrogens is 3. The molecule has 2 aromatic rings. The number of hydrogen-bond donors (Lipinski definition) is 1. The van der Waals surface area contributed by atoms with Gasteiger partial charge in [-0.05, 0) is 38.7 Å². The first-order valence-corrected chi connectivity index (χ1v) is 7.78. The standard InChI is InChI=1S/C16H19N3O2/c1-9-8-12(16(20)21)13-14(10-6-7-10)18-19(15(13)17-9)11-4-2-3-5-11/h8,10-11H,2-7H2,1H3,(H,20,21). The Bertz CT molecular complexity index is 725. The van der Waals surface area contributed by atoms with E-state index in [0.717, 1.165) is 48.1 Å². The number of carboxylic acid groups (broad SMARTS) is 1. The lowest BCUT2D eigenvalue weighted by Gasteiger charge is -2.11. The van der Waals surface area contributed by atoms with Gasteiger partial charge in [-0.2, -0.15) is 5.10 Å². The van der Waals surface area contributed by atoms with Crippen LogP contribution in [0.4, 0.5) is 0 Å². The Morgan fingerprint density at radius 2 is 2.00 bits per heavy atom. The van der Waals surface area contributed by atoms with Crippen molar-refractivity contribution in [3.8, 4) is 0 Å². The van der Waals surface area contributed by atoms with Crippen molar-refractivity contribution in [2.24, 2.45) is 0 Å². The second-order valence-corrected chi connectivity index (χ2v) is 6.36. The molecule has 2 aliphatic rings. The minimum atomic E-state index is -0.877. The molecule has 2 aromatic heterocycles. The highest BCUT2D eigenvalue weighted by Crippen LogP contribution is 2.44. The number of aryl methyl sites for hydroxylation is 1. The Morgan fingerprint density at radius 3 is 2.62 bits per heavy atom. The molecular weight excluding hydrogens is 266 g/mol. The predicted molar refractivity (Wildman–Crippen MR) is 78.7 cm³/mol. The summed E-state index contributed by atoms with van der Waals surface area (Å²) in [5.74, 6) is -0.448. The summed E-state index contributed by atoms with van der Waals surface area (Å²) < 4.78 is 2.02. The minimum Gasteiger partial charge on any atom is -0.478 e. The van der Waals surface area contributed by atoms with Crippen molar-refractivity contribution in [1.29, 1.82) is 0 Å². The van der Waals surface area contributed by atoms with Crippen molar-refractivity contribution in [3.63, 3.8) is 0 Å². The molecule has 0 radical (unpaired) electrons. The molecule has 4 rings (SSSR count). The maximum atomic E-state index is 11.6. The van der Waals surface area contributed by atoms with Crippen molar-refractivity contribution < 1.29 is 9.90 Å². The monoisotopic (exact) mass is 285 g/mol. The maximum absolute atomic E-state index is 11.6. The topological polar surface area (TPSA) is 68.0 Å². The average Bonchev–Trinajstić information content (AvgIpc) is 3.01. The fourth-order valence-electron chi connectivity index (χ4n) is 3.50. The van der Waals surface area contributed by atoms with Gasteiger partial charge in [0.2, 0.25) is 0 Å². The third-order valence-corrected chi connectivity index (χ3v) is 4.68. The number of fused-ring (bicyclic) bond motifs is 1. The van der Waals surface area contributed by atoms with Crippen molar-refractivity contribution in [2.75, 3.05) is 0 Å². The molecule has 0 atom stereocenters. The number of carbonyl (C=O) groups is 1. The number of pyridine rings is 1. The number of hydrogen-bond acceptors (Lipinski definition) is 3. The zero-order chi connectivity index (χ0) is 14.6. The molecule has 0 unspecified atom stereocenters. The molecule has 110 valence electrons. The Hall–Kier alpha value is -1.91. The normalized spacial score (nSPS) is 19.5. The summed E-state index contributed by atoms with van der Waals surface area (Å²) in [7, 11) is 0. The lowest BCUT2D eigenvalue weighted by molar-refractivity contribution is 0.0698. The molecule has 0 aromatic carbocycles. The quantitative estimate of drug-likeness (QED) is 0.938. The van der Waals surface area contributed by atoms with Gasteiger partial charge in [0.1, 0.15) is 0 Å². The van der Waals surface area contributed by atoms with Crippen LogP contribution in [-0.2, 0) is 0 Å². The molecule has 2 saturated carbocycles. The fraction of sp³-hybridized carbons (Fsp3) is 0.562. The highest BCUT2D eigenvalue weighted by atomic mass is 16.4. The van der Waals surface area contributed by atoms with Crippen LogP contribution in [0.15, 0.2) is 6.07 Å². The Kier molecular flexibility index (Phi) is 2.77. The molecule has 1 N–H and O–H groups in total. The van der Waals surface area contributed by atoms with Gasteiger partial charge in [0.05, 0.1) is 22.7 Å². The van der Waals surface area contributed by atoms with Gasteiger partial charge in [-0.1, -0.05) is 12.8 Å². The summed E-state index contributed by atoms with van der Waals surface area (Å²) in [5.41, 5.74) is 2.85. The third kappa shape index (κ3) is 2.03. The van der Waals surface area contributed by atoms with Crippen molar-refractivity contribution >= 4 is 17.0 Å². The number of carboxylic acids is 1. The first kappa shape index (κ1) is 12.8. The number of nitrogens with zero attached hydrogens (tertiary/aromatic N) is 3. The van der Waals surface area contributed by atoms with Gasteiger partial charge < -0.3 is 5.11 Å². The summed E-state index contributed by atoms with van der Waals surface area (Å²) in [5, 5.41) is 15.1. The van der Waals surface area contributed by atoms with Crippen molar-refractivity contribution in [2.45, 2.75) is 57.4 Å². The van der Waals surface area contributed by atoms with Crippen LogP contribution in [0, 0.1) is 6.92 Å². The van der Waals surface area contributed by atoms with Gasteiger partial charge in [0, 0.05) is 11.6 Å². The number of aromatic carboxylic acids is 1. The second-order valence-electron chi connectivity index (χ2n) is 6.36. The number of rotatable bonds is 3. The van der Waals surface area contributed by atoms with Crippen LogP contribution in [0.25, 0.3) is 11.0 Å². The van der Waals surface area contributed by atoms with E-state index in [2.05, 4.69) is 4.98 Å². The van der Waals surface area contributed by atoms with E-state index in [4.69, 9.17) is 5.10 Å². The van der Waals surface area contributed by atoms with E-state index in [1.54, 1.807) is 6.07 Å². The molecule has 5 heteroatoms. The molecule has 0 bridgehead atoms. The van der Waals surface area contributed by atoms with Gasteiger partial charge in [-0.15, -0.1) is 0 Å². The molecule has 21 heavy (non-hydrogen) atoms. The van der Waals surface area contributed by atoms with E-state index in [1.807, 2.05) is 11.6 Å². The predicted octanol–water partition coefficient (Wildman–Crippen LogP) is 3.43. The molecule has 2 aliphatic carbocycles. The zero-order valence-electron chi connectivity index (χ0n) is 12.2. The fourth-order valence-corrected chi connectivity index (χ4v) is 3.50. The summed E-state index contributed by atoms with van der Waals surface area (Å²) in [4.78, 5) is 16.3. The van der Waals surface area contributed by atoms with Crippen molar-refractivity contribution in [1.82, 2.24) is 14.8 Å². The van der Waals surface area contributed by atoms with Crippen LogP contribution >= 0.6 is 0 Å². The van der Waals surface area contributed by atoms with Gasteiger partial charge in [0.25, 0.3) is 0 Å². The van der Waals surface area contributed by atoms with Crippen LogP contribution in [0.1, 0.15) is 72.2 Å². The zero-order valence-corrected chi connectivity index (χ0v) is 12.2. The minimum absolute atomic E-state index is 0.364. The molecular formula is C16H19N3O2. The highest BCUT2D eigenvalue weighted by Gasteiger charge is 2.33. The summed E-state index contributed by atoms with van der Waals surface area (Å²) >= 11 is 0. The Morgan fingerprint density at radius 1 is 1.29 bits per heavy atom. The Labute approximate surface area is 123 Å². The second kappa shape index (κ2) is 4.55. The molecule has 0 amide bonds. The lowest BCUT2D eigenvalue weighted by Crippen LogP contribution is -2.08. The van der Waals surface area contributed by atoms with Crippen LogP contribution in [0.5, 0.6) is 0 Å². The molecule has 0 saturated heterocycles. The van der Waals surface area contributed by atoms with Crippen molar-refractivity contribution in [3.05, 3.63) is 23.0 Å². The van der Waals surface area contributed by atoms with Gasteiger partial charge in [-0.3, -0.25) is 0 Å². The largest absolute Gasteiger partial charge is 0.478 e.